The van der Waals surface area contributed by atoms with Crippen molar-refractivity contribution in [2.45, 2.75) is 58.2 Å². The first kappa shape index (κ1) is 26.0. The number of benzene rings is 1. The van der Waals surface area contributed by atoms with Crippen LogP contribution in [0.2, 0.25) is 0 Å². The second-order valence-corrected chi connectivity index (χ2v) is 8.05. The van der Waals surface area contributed by atoms with Crippen molar-refractivity contribution in [2.24, 2.45) is 4.99 Å². The zero-order valence-electron chi connectivity index (χ0n) is 19.2. The predicted octanol–water partition coefficient (Wildman–Crippen LogP) is 3.41. The van der Waals surface area contributed by atoms with E-state index in [0.29, 0.717) is 12.6 Å². The summed E-state index contributed by atoms with van der Waals surface area (Å²) in [4.78, 5) is 7.28. The Bertz CT molecular complexity index is 677. The van der Waals surface area contributed by atoms with Crippen LogP contribution < -0.4 is 20.1 Å². The maximum absolute atomic E-state index is 6.34. The predicted molar refractivity (Wildman–Crippen MR) is 136 cm³/mol. The van der Waals surface area contributed by atoms with E-state index in [4.69, 9.17) is 19.2 Å². The number of methoxy groups -OCH3 is 1. The third-order valence-electron chi connectivity index (χ3n) is 5.85. The number of nitrogens with one attached hydrogen (secondary N) is 2. The number of rotatable bonds is 9. The SMILES string of the molecule is CCNC(=NCc1cccc(OC)c1OC1CCCC1)NCC(C)N1CCOCC1.I. The number of morpholine rings is 1. The first-order valence-corrected chi connectivity index (χ1v) is 11.4. The molecule has 2 N–H and O–H groups in total. The highest BCUT2D eigenvalue weighted by Gasteiger charge is 2.21. The highest BCUT2D eigenvalue weighted by molar-refractivity contribution is 14.0. The summed E-state index contributed by atoms with van der Waals surface area (Å²) >= 11 is 0. The molecule has 1 aromatic rings. The zero-order chi connectivity index (χ0) is 21.2. The van der Waals surface area contributed by atoms with Gasteiger partial charge < -0.3 is 24.8 Å². The average molecular weight is 546 g/mol. The van der Waals surface area contributed by atoms with Crippen molar-refractivity contribution in [1.82, 2.24) is 15.5 Å². The topological polar surface area (TPSA) is 67.4 Å². The number of hydrogen-bond acceptors (Lipinski definition) is 5. The Hall–Kier alpha value is -1.26. The summed E-state index contributed by atoms with van der Waals surface area (Å²) in [5.74, 6) is 2.45. The standard InChI is InChI=1S/C23H38N4O3.HI/c1-4-24-23(25-16-18(2)27-12-14-29-15-13-27)26-17-19-8-7-11-21(28-3)22(19)30-20-9-5-6-10-20;/h7-8,11,18,20H,4-6,9-10,12-17H2,1-3H3,(H2,24,25,26);1H. The van der Waals surface area contributed by atoms with Crippen LogP contribution >= 0.6 is 24.0 Å². The number of ether oxygens (including phenoxy) is 3. The molecule has 0 spiro atoms. The van der Waals surface area contributed by atoms with Crippen molar-refractivity contribution in [1.29, 1.82) is 0 Å². The Morgan fingerprint density at radius 1 is 1.23 bits per heavy atom. The summed E-state index contributed by atoms with van der Waals surface area (Å²) in [6.07, 6.45) is 4.99. The van der Waals surface area contributed by atoms with Gasteiger partial charge in [0.1, 0.15) is 0 Å². The first-order chi connectivity index (χ1) is 14.7. The summed E-state index contributed by atoms with van der Waals surface area (Å²) in [5, 5.41) is 6.85. The minimum Gasteiger partial charge on any atom is -0.493 e. The fourth-order valence-corrected chi connectivity index (χ4v) is 4.05. The van der Waals surface area contributed by atoms with Gasteiger partial charge in [-0.2, -0.15) is 0 Å². The molecule has 176 valence electrons. The smallest absolute Gasteiger partial charge is 0.191 e. The molecule has 2 aliphatic rings. The Morgan fingerprint density at radius 3 is 2.65 bits per heavy atom. The summed E-state index contributed by atoms with van der Waals surface area (Å²) in [5.41, 5.74) is 1.06. The number of hydrogen-bond donors (Lipinski definition) is 2. The molecule has 3 rings (SSSR count). The molecule has 8 heteroatoms. The molecule has 1 atom stereocenters. The van der Waals surface area contributed by atoms with Crippen LogP contribution in [0.25, 0.3) is 0 Å². The second-order valence-electron chi connectivity index (χ2n) is 8.05. The summed E-state index contributed by atoms with van der Waals surface area (Å²) in [7, 11) is 1.70. The molecule has 0 aromatic heterocycles. The lowest BCUT2D eigenvalue weighted by atomic mass is 10.1. The summed E-state index contributed by atoms with van der Waals surface area (Å²) in [6, 6.07) is 6.48. The number of guanidine groups is 1. The normalized spacial score (nSPS) is 18.9. The van der Waals surface area contributed by atoms with Crippen LogP contribution in [0.5, 0.6) is 11.5 Å². The lowest BCUT2D eigenvalue weighted by Crippen LogP contribution is -2.49. The van der Waals surface area contributed by atoms with Crippen LogP contribution in [-0.2, 0) is 11.3 Å². The van der Waals surface area contributed by atoms with E-state index in [-0.39, 0.29) is 30.1 Å². The van der Waals surface area contributed by atoms with Crippen LogP contribution in [0.3, 0.4) is 0 Å². The van der Waals surface area contributed by atoms with E-state index in [0.717, 1.165) is 75.3 Å². The Balaban J connectivity index is 0.00000341. The van der Waals surface area contributed by atoms with E-state index in [2.05, 4.69) is 35.4 Å². The monoisotopic (exact) mass is 546 g/mol. The molecule has 1 unspecified atom stereocenters. The number of aliphatic imine (C=N–C) groups is 1. The molecule has 0 bridgehead atoms. The number of nitrogens with zero attached hydrogens (tertiary/aromatic N) is 2. The van der Waals surface area contributed by atoms with E-state index in [1.54, 1.807) is 7.11 Å². The molecule has 7 nitrogen and oxygen atoms in total. The first-order valence-electron chi connectivity index (χ1n) is 11.4. The lowest BCUT2D eigenvalue weighted by Gasteiger charge is -2.32. The molecule has 2 fully saturated rings. The highest BCUT2D eigenvalue weighted by Crippen LogP contribution is 2.35. The molecule has 0 amide bonds. The summed E-state index contributed by atoms with van der Waals surface area (Å²) < 4.78 is 17.4. The molecule has 1 saturated carbocycles. The van der Waals surface area contributed by atoms with E-state index in [1.807, 2.05) is 12.1 Å². The summed E-state index contributed by atoms with van der Waals surface area (Å²) in [6.45, 7) is 10.2. The maximum atomic E-state index is 6.34. The van der Waals surface area contributed by atoms with Gasteiger partial charge in [-0.3, -0.25) is 4.90 Å². The zero-order valence-corrected chi connectivity index (χ0v) is 21.5. The maximum Gasteiger partial charge on any atom is 0.191 e. The van der Waals surface area contributed by atoms with Gasteiger partial charge in [-0.25, -0.2) is 4.99 Å². The van der Waals surface area contributed by atoms with Crippen LogP contribution in [-0.4, -0.2) is 69.5 Å². The number of para-hydroxylation sites is 1. The second kappa shape index (κ2) is 14.0. The largest absolute Gasteiger partial charge is 0.493 e. The molecule has 1 saturated heterocycles. The van der Waals surface area contributed by atoms with E-state index in [9.17, 15) is 0 Å². The van der Waals surface area contributed by atoms with Crippen molar-refractivity contribution in [2.75, 3.05) is 46.5 Å². The van der Waals surface area contributed by atoms with E-state index in [1.165, 1.54) is 12.8 Å². The minimum absolute atomic E-state index is 0. The molecule has 1 heterocycles. The Morgan fingerprint density at radius 2 is 1.97 bits per heavy atom. The molecule has 0 radical (unpaired) electrons. The molecule has 1 aliphatic heterocycles. The van der Waals surface area contributed by atoms with Crippen LogP contribution in [0.4, 0.5) is 0 Å². The molecule has 1 aliphatic carbocycles. The van der Waals surface area contributed by atoms with Crippen molar-refractivity contribution >= 4 is 29.9 Å². The van der Waals surface area contributed by atoms with Gasteiger partial charge in [-0.05, 0) is 45.6 Å². The van der Waals surface area contributed by atoms with E-state index >= 15 is 0 Å². The molecule has 31 heavy (non-hydrogen) atoms. The molecule has 1 aromatic carbocycles. The molecular weight excluding hydrogens is 507 g/mol. The lowest BCUT2D eigenvalue weighted by molar-refractivity contribution is 0.0211. The van der Waals surface area contributed by atoms with Crippen molar-refractivity contribution in [3.05, 3.63) is 23.8 Å². The minimum atomic E-state index is 0. The Labute approximate surface area is 204 Å². The van der Waals surface area contributed by atoms with Gasteiger partial charge in [0.15, 0.2) is 17.5 Å². The van der Waals surface area contributed by atoms with Gasteiger partial charge in [0, 0.05) is 37.8 Å². The van der Waals surface area contributed by atoms with Gasteiger partial charge in [-0.1, -0.05) is 12.1 Å². The average Bonchev–Trinajstić information content (AvgIpc) is 3.30. The van der Waals surface area contributed by atoms with Crippen molar-refractivity contribution in [3.8, 4) is 11.5 Å². The van der Waals surface area contributed by atoms with Gasteiger partial charge in [0.2, 0.25) is 0 Å². The highest BCUT2D eigenvalue weighted by atomic mass is 127. The number of halogens is 1. The molecular formula is C23H39IN4O3. The van der Waals surface area contributed by atoms with Crippen LogP contribution in [0, 0.1) is 0 Å². The van der Waals surface area contributed by atoms with Crippen molar-refractivity contribution in [3.63, 3.8) is 0 Å². The van der Waals surface area contributed by atoms with Crippen LogP contribution in [0.15, 0.2) is 23.2 Å². The van der Waals surface area contributed by atoms with Gasteiger partial charge >= 0.3 is 0 Å². The third-order valence-corrected chi connectivity index (χ3v) is 5.85. The Kier molecular flexibility index (Phi) is 11.7. The third kappa shape index (κ3) is 7.98. The quantitative estimate of drug-likeness (QED) is 0.281. The van der Waals surface area contributed by atoms with Crippen molar-refractivity contribution < 1.29 is 14.2 Å². The van der Waals surface area contributed by atoms with Gasteiger partial charge in [-0.15, -0.1) is 24.0 Å². The fraction of sp³-hybridized carbons (Fsp3) is 0.696. The van der Waals surface area contributed by atoms with Gasteiger partial charge in [0.25, 0.3) is 0 Å². The van der Waals surface area contributed by atoms with Crippen LogP contribution in [0.1, 0.15) is 45.1 Å². The fourth-order valence-electron chi connectivity index (χ4n) is 4.05. The van der Waals surface area contributed by atoms with E-state index < -0.39 is 0 Å². The van der Waals surface area contributed by atoms with Gasteiger partial charge in [0.05, 0.1) is 33.0 Å².